The Labute approximate surface area is 216 Å². The van der Waals surface area contributed by atoms with Gasteiger partial charge in [0.25, 0.3) is 10.7 Å². The van der Waals surface area contributed by atoms with E-state index in [-0.39, 0.29) is 11.3 Å². The maximum Gasteiger partial charge on any atom is 0.459 e. The first kappa shape index (κ1) is 29.0. The van der Waals surface area contributed by atoms with E-state index in [9.17, 15) is 24.1 Å². The summed E-state index contributed by atoms with van der Waals surface area (Å²) < 4.78 is 51.1. The van der Waals surface area contributed by atoms with Crippen LogP contribution in [-0.4, -0.2) is 56.7 Å². The SMILES string of the molecule is Cc1cn([C@@H]2O[C@H](COP(=O)(N[C@@H](C)C(=O)OC(C)C)Oc3ccccc3)[C@@H](O)[C@]2(F)Cl)c(=O)[nH]c1=O. The lowest BCUT2D eigenvalue weighted by molar-refractivity contribution is -0.149. The number of aliphatic hydroxyl groups is 1. The second-order valence-corrected chi connectivity index (χ2v) is 10.9. The fourth-order valence-electron chi connectivity index (χ4n) is 3.37. The lowest BCUT2D eigenvalue weighted by Crippen LogP contribution is -2.42. The third-order valence-electron chi connectivity index (χ3n) is 5.21. The first-order chi connectivity index (χ1) is 17.2. The highest BCUT2D eigenvalue weighted by Crippen LogP contribution is 2.48. The number of H-pyrrole nitrogens is 1. The Morgan fingerprint density at radius 3 is 2.59 bits per heavy atom. The van der Waals surface area contributed by atoms with Crippen LogP contribution in [0.2, 0.25) is 0 Å². The van der Waals surface area contributed by atoms with Gasteiger partial charge in [-0.25, -0.2) is 13.8 Å². The second-order valence-electron chi connectivity index (χ2n) is 8.66. The minimum Gasteiger partial charge on any atom is -0.462 e. The number of para-hydroxylation sites is 1. The molecule has 0 saturated carbocycles. The van der Waals surface area contributed by atoms with Crippen molar-refractivity contribution in [2.75, 3.05) is 6.61 Å². The largest absolute Gasteiger partial charge is 0.462 e. The smallest absolute Gasteiger partial charge is 0.459 e. The van der Waals surface area contributed by atoms with E-state index in [1.54, 1.807) is 32.0 Å². The minimum atomic E-state index is -4.35. The van der Waals surface area contributed by atoms with Crippen molar-refractivity contribution < 1.29 is 37.4 Å². The predicted molar refractivity (Wildman–Crippen MR) is 130 cm³/mol. The third-order valence-corrected chi connectivity index (χ3v) is 7.27. The summed E-state index contributed by atoms with van der Waals surface area (Å²) in [4.78, 5) is 38.2. The molecule has 6 atom stereocenters. The van der Waals surface area contributed by atoms with Crippen LogP contribution in [0.5, 0.6) is 5.75 Å². The van der Waals surface area contributed by atoms with Gasteiger partial charge in [0.1, 0.15) is 24.0 Å². The monoisotopic (exact) mass is 563 g/mol. The molecule has 1 saturated heterocycles. The maximum atomic E-state index is 15.3. The molecule has 204 valence electrons. The van der Waals surface area contributed by atoms with Gasteiger partial charge in [-0.3, -0.25) is 23.7 Å². The molecular formula is C22H28ClFN3O9P. The van der Waals surface area contributed by atoms with E-state index >= 15 is 4.39 Å². The highest BCUT2D eigenvalue weighted by Gasteiger charge is 2.58. The van der Waals surface area contributed by atoms with Crippen LogP contribution in [0.3, 0.4) is 0 Å². The predicted octanol–water partition coefficient (Wildman–Crippen LogP) is 2.14. The molecule has 1 aromatic carbocycles. The van der Waals surface area contributed by atoms with Crippen molar-refractivity contribution in [1.29, 1.82) is 0 Å². The molecule has 0 radical (unpaired) electrons. The number of aromatic nitrogens is 2. The van der Waals surface area contributed by atoms with Crippen molar-refractivity contribution in [2.24, 2.45) is 0 Å². The van der Waals surface area contributed by atoms with Gasteiger partial charge in [-0.2, -0.15) is 5.09 Å². The topological polar surface area (TPSA) is 158 Å². The quantitative estimate of drug-likeness (QED) is 0.222. The van der Waals surface area contributed by atoms with Gasteiger partial charge in [0.05, 0.1) is 12.7 Å². The number of benzene rings is 1. The second kappa shape index (κ2) is 11.5. The summed E-state index contributed by atoms with van der Waals surface area (Å²) in [5, 5.41) is 9.93. The summed E-state index contributed by atoms with van der Waals surface area (Å²) in [5.41, 5.74) is -1.64. The number of aryl methyl sites for hydroxylation is 1. The maximum absolute atomic E-state index is 15.3. The van der Waals surface area contributed by atoms with Crippen LogP contribution in [0.25, 0.3) is 0 Å². The molecule has 2 aromatic rings. The number of hydrogen-bond acceptors (Lipinski definition) is 9. The fraction of sp³-hybridized carbons (Fsp3) is 0.500. The molecule has 1 aromatic heterocycles. The van der Waals surface area contributed by atoms with E-state index < -0.39 is 67.3 Å². The Kier molecular flexibility index (Phi) is 8.99. The number of nitrogens with one attached hydrogen (secondary N) is 2. The number of alkyl halides is 2. The Bertz CT molecular complexity index is 1270. The van der Waals surface area contributed by atoms with Crippen LogP contribution >= 0.6 is 19.3 Å². The zero-order chi connectivity index (χ0) is 27.5. The van der Waals surface area contributed by atoms with Crippen LogP contribution in [0.15, 0.2) is 46.1 Å². The van der Waals surface area contributed by atoms with Gasteiger partial charge in [-0.1, -0.05) is 29.8 Å². The van der Waals surface area contributed by atoms with E-state index in [4.69, 9.17) is 30.1 Å². The number of esters is 1. The van der Waals surface area contributed by atoms with Gasteiger partial charge in [-0.05, 0) is 39.8 Å². The zero-order valence-electron chi connectivity index (χ0n) is 20.4. The Morgan fingerprint density at radius 1 is 1.32 bits per heavy atom. The molecule has 3 rings (SSSR count). The van der Waals surface area contributed by atoms with Crippen LogP contribution in [0.4, 0.5) is 4.39 Å². The van der Waals surface area contributed by atoms with Crippen LogP contribution in [0, 0.1) is 6.92 Å². The van der Waals surface area contributed by atoms with Crippen molar-refractivity contribution in [3.05, 3.63) is 62.9 Å². The number of halogens is 2. The van der Waals surface area contributed by atoms with Crippen LogP contribution in [-0.2, 0) is 23.4 Å². The van der Waals surface area contributed by atoms with E-state index in [0.29, 0.717) is 4.57 Å². The standard InChI is InChI=1S/C22H28ClFN3O9P/c1-12(2)34-19(30)14(4)26-37(32,36-15-8-6-5-7-9-15)33-11-16-17(28)22(23,24)20(35-16)27-10-13(3)18(29)25-21(27)31/h5-10,12,14,16-17,20,28H,11H2,1-4H3,(H,26,32)(H,25,29,31)/t14-,16+,17+,20+,22+,37?/m0/s1. The number of nitrogens with zero attached hydrogens (tertiary/aromatic N) is 1. The number of aliphatic hydroxyl groups excluding tert-OH is 1. The molecule has 2 heterocycles. The summed E-state index contributed by atoms with van der Waals surface area (Å²) in [5.74, 6) is -0.606. The van der Waals surface area contributed by atoms with Gasteiger partial charge in [0.15, 0.2) is 6.23 Å². The fourth-order valence-corrected chi connectivity index (χ4v) is 5.17. The molecular weight excluding hydrogens is 536 g/mol. The minimum absolute atomic E-state index is 0.0667. The number of rotatable bonds is 10. The van der Waals surface area contributed by atoms with Gasteiger partial charge in [0, 0.05) is 11.8 Å². The van der Waals surface area contributed by atoms with Gasteiger partial charge >= 0.3 is 19.4 Å². The van der Waals surface area contributed by atoms with Gasteiger partial charge in [-0.15, -0.1) is 0 Å². The number of ether oxygens (including phenoxy) is 2. The summed E-state index contributed by atoms with van der Waals surface area (Å²) in [6.45, 7) is 5.31. The molecule has 1 fully saturated rings. The van der Waals surface area contributed by atoms with Crippen molar-refractivity contribution in [1.82, 2.24) is 14.6 Å². The average molecular weight is 564 g/mol. The number of aromatic amines is 1. The van der Waals surface area contributed by atoms with Crippen molar-refractivity contribution >= 4 is 25.3 Å². The summed E-state index contributed by atoms with van der Waals surface area (Å²) >= 11 is 5.91. The lowest BCUT2D eigenvalue weighted by Gasteiger charge is -2.25. The molecule has 0 aliphatic carbocycles. The van der Waals surface area contributed by atoms with E-state index in [2.05, 4.69) is 5.09 Å². The average Bonchev–Trinajstić information content (AvgIpc) is 3.03. The summed E-state index contributed by atoms with van der Waals surface area (Å²) in [7, 11) is -4.35. The Balaban J connectivity index is 1.82. The highest BCUT2D eigenvalue weighted by molar-refractivity contribution is 7.52. The van der Waals surface area contributed by atoms with Crippen LogP contribution in [0.1, 0.15) is 32.6 Å². The molecule has 12 nitrogen and oxygen atoms in total. The molecule has 1 unspecified atom stereocenters. The van der Waals surface area contributed by atoms with E-state index in [1.807, 2.05) is 4.98 Å². The first-order valence-electron chi connectivity index (χ1n) is 11.2. The molecule has 0 spiro atoms. The van der Waals surface area contributed by atoms with E-state index in [0.717, 1.165) is 6.20 Å². The normalized spacial score (nSPS) is 26.0. The lowest BCUT2D eigenvalue weighted by atomic mass is 10.1. The van der Waals surface area contributed by atoms with Gasteiger partial charge in [0.2, 0.25) is 0 Å². The number of carbonyl (C=O) groups excluding carboxylic acids is 1. The molecule has 15 heteroatoms. The number of hydrogen-bond donors (Lipinski definition) is 3. The summed E-state index contributed by atoms with van der Waals surface area (Å²) in [6, 6.07) is 6.75. The summed E-state index contributed by atoms with van der Waals surface area (Å²) in [6.07, 6.45) is -4.84. The third kappa shape index (κ3) is 6.86. The highest BCUT2D eigenvalue weighted by atomic mass is 35.5. The molecule has 3 N–H and O–H groups in total. The Hall–Kier alpha value is -2.54. The molecule has 1 aliphatic heterocycles. The molecule has 37 heavy (non-hydrogen) atoms. The van der Waals surface area contributed by atoms with Crippen LogP contribution < -0.4 is 20.9 Å². The molecule has 0 bridgehead atoms. The number of carbonyl (C=O) groups is 1. The molecule has 1 aliphatic rings. The van der Waals surface area contributed by atoms with E-state index in [1.165, 1.54) is 26.0 Å². The van der Waals surface area contributed by atoms with Crippen molar-refractivity contribution in [3.63, 3.8) is 0 Å². The molecule has 0 amide bonds. The Morgan fingerprint density at radius 2 is 1.97 bits per heavy atom. The zero-order valence-corrected chi connectivity index (χ0v) is 22.1. The van der Waals surface area contributed by atoms with Gasteiger partial charge < -0.3 is 19.1 Å². The van der Waals surface area contributed by atoms with Crippen molar-refractivity contribution in [3.8, 4) is 5.75 Å². The van der Waals surface area contributed by atoms with Crippen molar-refractivity contribution in [2.45, 2.75) is 63.4 Å². The first-order valence-corrected chi connectivity index (χ1v) is 13.2.